The monoisotopic (exact) mass is 340 g/mol. The first-order valence-electron chi connectivity index (χ1n) is 9.26. The Bertz CT molecular complexity index is 816. The molecular weight excluding hydrogens is 316 g/mol. The van der Waals surface area contributed by atoms with E-state index >= 15 is 0 Å². The molecule has 3 atom stereocenters. The maximum Gasteiger partial charge on any atom is 0.272 e. The van der Waals surface area contributed by atoms with E-state index < -0.39 is 0 Å². The van der Waals surface area contributed by atoms with E-state index in [4.69, 9.17) is 0 Å². The van der Waals surface area contributed by atoms with Crippen molar-refractivity contribution in [2.75, 3.05) is 6.54 Å². The molecule has 25 heavy (non-hydrogen) atoms. The molecule has 2 N–H and O–H groups in total. The molecule has 6 rings (SSSR count). The number of nitrogens with one attached hydrogen (secondary N) is 1. The first kappa shape index (κ1) is 15.3. The SMILES string of the molecule is Cn1nc(C(=O)NC2CC3CC4CC(C2)N3CC4O)c2ccccc21. The van der Waals surface area contributed by atoms with Crippen LogP contribution in [0, 0.1) is 5.92 Å². The molecule has 6 nitrogen and oxygen atoms in total. The molecule has 0 radical (unpaired) electrons. The van der Waals surface area contributed by atoms with Gasteiger partial charge < -0.3 is 10.4 Å². The summed E-state index contributed by atoms with van der Waals surface area (Å²) in [6.07, 6.45) is 3.94. The van der Waals surface area contributed by atoms with E-state index in [1.165, 1.54) is 0 Å². The molecular formula is C19H24N4O2. The van der Waals surface area contributed by atoms with Gasteiger partial charge in [-0.15, -0.1) is 0 Å². The van der Waals surface area contributed by atoms with Crippen molar-refractivity contribution < 1.29 is 9.90 Å². The summed E-state index contributed by atoms with van der Waals surface area (Å²) in [6, 6.07) is 9.07. The van der Waals surface area contributed by atoms with Crippen molar-refractivity contribution in [2.45, 2.75) is 49.9 Å². The molecule has 0 aliphatic carbocycles. The molecule has 4 saturated heterocycles. The van der Waals surface area contributed by atoms with Crippen molar-refractivity contribution in [3.63, 3.8) is 0 Å². The smallest absolute Gasteiger partial charge is 0.272 e. The molecule has 1 amide bonds. The second-order valence-electron chi connectivity index (χ2n) is 7.93. The van der Waals surface area contributed by atoms with Crippen LogP contribution in [-0.2, 0) is 7.05 Å². The predicted octanol–water partition coefficient (Wildman–Crippen LogP) is 1.29. The van der Waals surface area contributed by atoms with E-state index in [0.717, 1.165) is 43.1 Å². The molecule has 0 spiro atoms. The summed E-state index contributed by atoms with van der Waals surface area (Å²) in [7, 11) is 1.87. The summed E-state index contributed by atoms with van der Waals surface area (Å²) in [5.74, 6) is 0.387. The zero-order chi connectivity index (χ0) is 17.1. The lowest BCUT2D eigenvalue weighted by Crippen LogP contribution is -2.65. The average molecular weight is 340 g/mol. The third-order valence-corrected chi connectivity index (χ3v) is 6.45. The Hall–Kier alpha value is -1.92. The molecule has 4 bridgehead atoms. The van der Waals surface area contributed by atoms with Crippen LogP contribution in [0.25, 0.3) is 10.9 Å². The van der Waals surface area contributed by atoms with Crippen LogP contribution in [-0.4, -0.2) is 56.5 Å². The Morgan fingerprint density at radius 3 is 2.64 bits per heavy atom. The predicted molar refractivity (Wildman–Crippen MR) is 94.2 cm³/mol. The number of benzene rings is 1. The van der Waals surface area contributed by atoms with Crippen LogP contribution >= 0.6 is 0 Å². The lowest BCUT2D eigenvalue weighted by molar-refractivity contribution is -0.110. The minimum atomic E-state index is -0.154. The molecule has 5 heterocycles. The Labute approximate surface area is 146 Å². The fourth-order valence-electron chi connectivity index (χ4n) is 5.31. The third-order valence-electron chi connectivity index (χ3n) is 6.45. The summed E-state index contributed by atoms with van der Waals surface area (Å²) in [5, 5.41) is 18.7. The van der Waals surface area contributed by atoms with Crippen molar-refractivity contribution in [3.05, 3.63) is 30.0 Å². The van der Waals surface area contributed by atoms with Crippen LogP contribution in [0.4, 0.5) is 0 Å². The van der Waals surface area contributed by atoms with Gasteiger partial charge >= 0.3 is 0 Å². The van der Waals surface area contributed by atoms with Crippen LogP contribution in [0.5, 0.6) is 0 Å². The van der Waals surface area contributed by atoms with E-state index in [2.05, 4.69) is 15.3 Å². The molecule has 132 valence electrons. The second kappa shape index (κ2) is 5.54. The van der Waals surface area contributed by atoms with Gasteiger partial charge in [0.15, 0.2) is 5.69 Å². The Morgan fingerprint density at radius 1 is 1.20 bits per heavy atom. The molecule has 4 fully saturated rings. The van der Waals surface area contributed by atoms with Gasteiger partial charge in [-0.05, 0) is 37.7 Å². The topological polar surface area (TPSA) is 70.4 Å². The normalized spacial score (nSPS) is 36.6. The minimum Gasteiger partial charge on any atom is -0.392 e. The summed E-state index contributed by atoms with van der Waals surface area (Å²) in [6.45, 7) is 0.811. The van der Waals surface area contributed by atoms with Crippen molar-refractivity contribution in [3.8, 4) is 0 Å². The zero-order valence-corrected chi connectivity index (χ0v) is 14.4. The summed E-state index contributed by atoms with van der Waals surface area (Å²) in [5.41, 5.74) is 1.50. The number of para-hydroxylation sites is 1. The Balaban J connectivity index is 1.34. The average Bonchev–Trinajstić information content (AvgIpc) is 2.92. The van der Waals surface area contributed by atoms with Gasteiger partial charge in [-0.3, -0.25) is 14.4 Å². The highest BCUT2D eigenvalue weighted by Gasteiger charge is 2.48. The molecule has 6 heteroatoms. The summed E-state index contributed by atoms with van der Waals surface area (Å²) >= 11 is 0. The maximum atomic E-state index is 12.8. The first-order chi connectivity index (χ1) is 12.1. The standard InChI is InChI=1S/C19H24N4O2/c1-22-16-5-3-2-4-15(16)18(21-22)19(25)20-12-8-13-6-11-7-14(9-12)23(13)10-17(11)24/h2-5,11-14,17,24H,6-10H2,1H3,(H,20,25). The molecule has 2 aromatic rings. The van der Waals surface area contributed by atoms with Gasteiger partial charge in [0.05, 0.1) is 11.6 Å². The maximum absolute atomic E-state index is 12.8. The zero-order valence-electron chi connectivity index (χ0n) is 14.4. The fourth-order valence-corrected chi connectivity index (χ4v) is 5.31. The Kier molecular flexibility index (Phi) is 3.40. The lowest BCUT2D eigenvalue weighted by atomic mass is 9.70. The molecule has 1 aromatic carbocycles. The minimum absolute atomic E-state index is 0.0676. The van der Waals surface area contributed by atoms with Crippen molar-refractivity contribution >= 4 is 16.8 Å². The van der Waals surface area contributed by atoms with Crippen LogP contribution < -0.4 is 5.32 Å². The highest BCUT2D eigenvalue weighted by atomic mass is 16.3. The number of hydrogen-bond donors (Lipinski definition) is 2. The number of aromatic nitrogens is 2. The second-order valence-corrected chi connectivity index (χ2v) is 7.93. The molecule has 1 aromatic heterocycles. The summed E-state index contributed by atoms with van der Waals surface area (Å²) < 4.78 is 1.77. The quantitative estimate of drug-likeness (QED) is 0.864. The van der Waals surface area contributed by atoms with Crippen molar-refractivity contribution in [2.24, 2.45) is 13.0 Å². The Morgan fingerprint density at radius 2 is 1.92 bits per heavy atom. The van der Waals surface area contributed by atoms with E-state index in [0.29, 0.717) is 23.7 Å². The van der Waals surface area contributed by atoms with Crippen LogP contribution in [0.15, 0.2) is 24.3 Å². The number of rotatable bonds is 2. The number of aliphatic hydroxyl groups excluding tert-OH is 1. The van der Waals surface area contributed by atoms with Gasteiger partial charge in [0.2, 0.25) is 0 Å². The molecule has 4 aliphatic heterocycles. The number of carbonyl (C=O) groups is 1. The van der Waals surface area contributed by atoms with E-state index in [1.807, 2.05) is 31.3 Å². The number of fused-ring (bicyclic) bond motifs is 2. The number of hydrogen-bond acceptors (Lipinski definition) is 4. The third kappa shape index (κ3) is 2.39. The van der Waals surface area contributed by atoms with Gasteiger partial charge in [0.1, 0.15) is 0 Å². The van der Waals surface area contributed by atoms with Gasteiger partial charge in [0.25, 0.3) is 5.91 Å². The number of aliphatic hydroxyl groups is 1. The number of amides is 1. The van der Waals surface area contributed by atoms with Gasteiger partial charge in [0, 0.05) is 37.1 Å². The highest BCUT2D eigenvalue weighted by molar-refractivity contribution is 6.04. The molecule has 3 unspecified atom stereocenters. The van der Waals surface area contributed by atoms with Crippen LogP contribution in [0.2, 0.25) is 0 Å². The number of carbonyl (C=O) groups excluding carboxylic acids is 1. The van der Waals surface area contributed by atoms with Gasteiger partial charge in [-0.2, -0.15) is 5.10 Å². The highest BCUT2D eigenvalue weighted by Crippen LogP contribution is 2.43. The molecule has 4 aliphatic rings. The van der Waals surface area contributed by atoms with E-state index in [1.54, 1.807) is 4.68 Å². The van der Waals surface area contributed by atoms with Gasteiger partial charge in [-0.1, -0.05) is 18.2 Å². The molecule has 0 saturated carbocycles. The van der Waals surface area contributed by atoms with Gasteiger partial charge in [-0.25, -0.2) is 0 Å². The van der Waals surface area contributed by atoms with Crippen molar-refractivity contribution in [1.82, 2.24) is 20.0 Å². The van der Waals surface area contributed by atoms with Crippen LogP contribution in [0.3, 0.4) is 0 Å². The summed E-state index contributed by atoms with van der Waals surface area (Å²) in [4.78, 5) is 15.3. The van der Waals surface area contributed by atoms with Crippen molar-refractivity contribution in [1.29, 1.82) is 0 Å². The number of nitrogens with zero attached hydrogens (tertiary/aromatic N) is 3. The lowest BCUT2D eigenvalue weighted by Gasteiger charge is -2.57. The van der Waals surface area contributed by atoms with Crippen LogP contribution in [0.1, 0.15) is 36.2 Å². The largest absolute Gasteiger partial charge is 0.392 e. The fraction of sp³-hybridized carbons (Fsp3) is 0.579. The van der Waals surface area contributed by atoms with E-state index in [9.17, 15) is 9.90 Å². The first-order valence-corrected chi connectivity index (χ1v) is 9.26. The van der Waals surface area contributed by atoms with E-state index in [-0.39, 0.29) is 18.1 Å². The number of aryl methyl sites for hydroxylation is 1. The number of piperidine rings is 4.